The number of likely N-dealkylation sites (tertiary alicyclic amines) is 1. The molecule has 36 heavy (non-hydrogen) atoms. The van der Waals surface area contributed by atoms with Crippen molar-refractivity contribution in [1.29, 1.82) is 0 Å². The van der Waals surface area contributed by atoms with Gasteiger partial charge in [0.2, 0.25) is 0 Å². The van der Waals surface area contributed by atoms with E-state index in [1.165, 1.54) is 10.1 Å². The van der Waals surface area contributed by atoms with Crippen molar-refractivity contribution in [2.75, 3.05) is 20.1 Å². The van der Waals surface area contributed by atoms with Gasteiger partial charge in [0.15, 0.2) is 0 Å². The molecule has 1 aliphatic heterocycles. The number of aromatic nitrogens is 2. The first-order valence-corrected chi connectivity index (χ1v) is 12.4. The Hall–Kier alpha value is -3.61. The number of hydrogen-bond donors (Lipinski definition) is 1. The molecule has 5 rings (SSSR count). The molecule has 0 unspecified atom stereocenters. The van der Waals surface area contributed by atoms with Crippen molar-refractivity contribution in [2.45, 2.75) is 37.8 Å². The smallest absolute Gasteiger partial charge is 0.253 e. The van der Waals surface area contributed by atoms with E-state index in [4.69, 9.17) is 0 Å². The van der Waals surface area contributed by atoms with E-state index in [9.17, 15) is 14.7 Å². The molecule has 1 fully saturated rings. The first-order chi connectivity index (χ1) is 17.5. The van der Waals surface area contributed by atoms with E-state index >= 15 is 0 Å². The van der Waals surface area contributed by atoms with Crippen LogP contribution in [0.3, 0.4) is 0 Å². The third-order valence-corrected chi connectivity index (χ3v) is 6.72. The molecule has 2 heterocycles. The van der Waals surface area contributed by atoms with E-state index in [-0.39, 0.29) is 5.56 Å². The Morgan fingerprint density at radius 2 is 1.67 bits per heavy atom. The van der Waals surface area contributed by atoms with E-state index in [0.717, 1.165) is 42.1 Å². The van der Waals surface area contributed by atoms with Gasteiger partial charge in [0, 0.05) is 31.1 Å². The van der Waals surface area contributed by atoms with Gasteiger partial charge >= 0.3 is 0 Å². The third kappa shape index (κ3) is 6.53. The Labute approximate surface area is 211 Å². The van der Waals surface area contributed by atoms with Crippen LogP contribution in [0.4, 0.5) is 0 Å². The molecular weight excluding hydrogens is 450 g/mol. The fourth-order valence-corrected chi connectivity index (χ4v) is 4.52. The summed E-state index contributed by atoms with van der Waals surface area (Å²) in [6.45, 7) is 1.97. The summed E-state index contributed by atoms with van der Waals surface area (Å²) in [4.78, 5) is 29.3. The minimum atomic E-state index is -0.834. The van der Waals surface area contributed by atoms with E-state index in [0.29, 0.717) is 31.5 Å². The highest BCUT2D eigenvalue weighted by Crippen LogP contribution is 2.27. The van der Waals surface area contributed by atoms with Gasteiger partial charge < -0.3 is 14.8 Å². The maximum Gasteiger partial charge on any atom is 0.253 e. The second-order valence-electron chi connectivity index (χ2n) is 9.49. The fraction of sp³-hybridized carbons (Fsp3) is 0.300. The highest BCUT2D eigenvalue weighted by Gasteiger charge is 2.31. The molecule has 0 radical (unpaired) electrons. The zero-order chi connectivity index (χ0) is 25.4. The fourth-order valence-electron chi connectivity index (χ4n) is 4.52. The highest BCUT2D eigenvalue weighted by atomic mass is 16.3. The van der Waals surface area contributed by atoms with Crippen molar-refractivity contribution in [3.8, 4) is 11.3 Å². The number of aliphatic hydroxyl groups is 1. The van der Waals surface area contributed by atoms with Crippen LogP contribution in [-0.2, 0) is 17.8 Å². The molecule has 186 valence electrons. The number of carbonyl (C=O) groups excluding carboxylic acids is 1. The minimum absolute atomic E-state index is 0.129. The largest absolute Gasteiger partial charge is 0.388 e. The Morgan fingerprint density at radius 1 is 0.972 bits per heavy atom. The molecule has 1 N–H and O–H groups in total. The van der Waals surface area contributed by atoms with Crippen LogP contribution in [-0.4, -0.2) is 51.6 Å². The third-order valence-electron chi connectivity index (χ3n) is 6.72. The predicted octanol–water partition coefficient (Wildman–Crippen LogP) is 4.34. The van der Waals surface area contributed by atoms with Gasteiger partial charge in [-0.2, -0.15) is 0 Å². The monoisotopic (exact) mass is 483 g/mol. The van der Waals surface area contributed by atoms with Crippen molar-refractivity contribution < 1.29 is 9.90 Å². The van der Waals surface area contributed by atoms with Crippen LogP contribution in [0.5, 0.6) is 0 Å². The lowest BCUT2D eigenvalue weighted by Crippen LogP contribution is -2.46. The highest BCUT2D eigenvalue weighted by molar-refractivity contribution is 5.95. The van der Waals surface area contributed by atoms with Gasteiger partial charge in [-0.25, -0.2) is 4.98 Å². The van der Waals surface area contributed by atoms with Crippen LogP contribution in [0.2, 0.25) is 0 Å². The second-order valence-corrected chi connectivity index (χ2v) is 9.49. The van der Waals surface area contributed by atoms with E-state index in [1.54, 1.807) is 12.4 Å². The Bertz CT molecular complexity index is 1340. The SMILES string of the molecule is CN1CCC(O)(Cn2cnc(-c3cccc4ccccc34)cc2=O)CC1.O=CCCc1ccccc1. The summed E-state index contributed by atoms with van der Waals surface area (Å²) in [5, 5.41) is 13.0. The number of carbonyl (C=O) groups is 1. The summed E-state index contributed by atoms with van der Waals surface area (Å²) in [5.74, 6) is 0. The van der Waals surface area contributed by atoms with Crippen molar-refractivity contribution >= 4 is 17.1 Å². The van der Waals surface area contributed by atoms with Crippen LogP contribution in [0.1, 0.15) is 24.8 Å². The second kappa shape index (κ2) is 11.9. The Balaban J connectivity index is 0.000000256. The number of aryl methyl sites for hydroxylation is 1. The number of piperidine rings is 1. The summed E-state index contributed by atoms with van der Waals surface area (Å²) in [5.41, 5.74) is 1.88. The molecule has 0 saturated carbocycles. The molecule has 0 bridgehead atoms. The average molecular weight is 484 g/mol. The molecule has 6 nitrogen and oxygen atoms in total. The molecule has 1 aliphatic rings. The average Bonchev–Trinajstić information content (AvgIpc) is 2.91. The quantitative estimate of drug-likeness (QED) is 0.413. The molecule has 1 saturated heterocycles. The van der Waals surface area contributed by atoms with E-state index in [2.05, 4.69) is 22.0 Å². The Kier molecular flexibility index (Phi) is 8.41. The summed E-state index contributed by atoms with van der Waals surface area (Å²) >= 11 is 0. The maximum atomic E-state index is 12.6. The van der Waals surface area contributed by atoms with Crippen LogP contribution in [0, 0.1) is 0 Å². The van der Waals surface area contributed by atoms with Crippen LogP contribution in [0.25, 0.3) is 22.0 Å². The number of nitrogens with zero attached hydrogens (tertiary/aromatic N) is 3. The number of hydrogen-bond acceptors (Lipinski definition) is 5. The summed E-state index contributed by atoms with van der Waals surface area (Å²) in [6.07, 6.45) is 5.35. The minimum Gasteiger partial charge on any atom is -0.388 e. The van der Waals surface area contributed by atoms with E-state index in [1.807, 2.05) is 67.7 Å². The number of aldehydes is 1. The standard InChI is InChI=1S/C21H23N3O2.C9H10O/c1-23-11-9-21(26,10-12-23)14-24-15-22-19(13-20(24)25)18-8-4-6-16-5-2-3-7-17(16)18;10-8-4-7-9-5-2-1-3-6-9/h2-8,13,15,26H,9-12,14H2,1H3;1-3,5-6,8H,4,7H2. The first-order valence-electron chi connectivity index (χ1n) is 12.4. The van der Waals surface area contributed by atoms with Crippen LogP contribution >= 0.6 is 0 Å². The van der Waals surface area contributed by atoms with Crippen LogP contribution < -0.4 is 5.56 Å². The van der Waals surface area contributed by atoms with Crippen molar-refractivity contribution in [3.63, 3.8) is 0 Å². The number of benzene rings is 3. The number of fused-ring (bicyclic) bond motifs is 1. The topological polar surface area (TPSA) is 75.4 Å². The van der Waals surface area contributed by atoms with Crippen molar-refractivity contribution in [2.24, 2.45) is 0 Å². The molecular formula is C30H33N3O3. The first kappa shape index (κ1) is 25.5. The summed E-state index contributed by atoms with van der Waals surface area (Å²) in [7, 11) is 2.05. The number of rotatable bonds is 6. The van der Waals surface area contributed by atoms with Gasteiger partial charge in [-0.05, 0) is 42.6 Å². The molecule has 4 aromatic rings. The lowest BCUT2D eigenvalue weighted by atomic mass is 9.91. The summed E-state index contributed by atoms with van der Waals surface area (Å²) < 4.78 is 1.53. The lowest BCUT2D eigenvalue weighted by Gasteiger charge is -2.36. The van der Waals surface area contributed by atoms with Gasteiger partial charge in [0.05, 0.1) is 24.2 Å². The van der Waals surface area contributed by atoms with Crippen molar-refractivity contribution in [1.82, 2.24) is 14.5 Å². The lowest BCUT2D eigenvalue weighted by molar-refractivity contribution is -0.107. The molecule has 3 aromatic carbocycles. The van der Waals surface area contributed by atoms with Gasteiger partial charge in [-0.3, -0.25) is 9.36 Å². The molecule has 0 spiro atoms. The van der Waals surface area contributed by atoms with E-state index < -0.39 is 5.60 Å². The molecule has 0 atom stereocenters. The summed E-state index contributed by atoms with van der Waals surface area (Å²) in [6, 6.07) is 25.7. The molecule has 1 aromatic heterocycles. The zero-order valence-electron chi connectivity index (χ0n) is 20.7. The molecule has 0 aliphatic carbocycles. The van der Waals surface area contributed by atoms with Gasteiger partial charge in [-0.15, -0.1) is 0 Å². The van der Waals surface area contributed by atoms with Crippen molar-refractivity contribution in [3.05, 3.63) is 101 Å². The molecule has 0 amide bonds. The van der Waals surface area contributed by atoms with Gasteiger partial charge in [-0.1, -0.05) is 72.8 Å². The molecule has 6 heteroatoms. The normalized spacial score (nSPS) is 15.2. The van der Waals surface area contributed by atoms with Gasteiger partial charge in [0.25, 0.3) is 5.56 Å². The van der Waals surface area contributed by atoms with Gasteiger partial charge in [0.1, 0.15) is 6.29 Å². The van der Waals surface area contributed by atoms with Crippen LogP contribution in [0.15, 0.2) is 90.0 Å². The zero-order valence-corrected chi connectivity index (χ0v) is 20.7. The predicted molar refractivity (Wildman–Crippen MR) is 144 cm³/mol. The Morgan fingerprint density at radius 3 is 2.39 bits per heavy atom. The maximum absolute atomic E-state index is 12.6.